The molecule has 0 saturated carbocycles. The van der Waals surface area contributed by atoms with Crippen molar-refractivity contribution in [2.45, 2.75) is 32.4 Å². The quantitative estimate of drug-likeness (QED) is 0.692. The fourth-order valence-electron chi connectivity index (χ4n) is 2.08. The van der Waals surface area contributed by atoms with E-state index in [1.165, 1.54) is 11.8 Å². The lowest BCUT2D eigenvalue weighted by Crippen LogP contribution is -2.50. The molecule has 2 atom stereocenters. The zero-order valence-corrected chi connectivity index (χ0v) is 12.3. The van der Waals surface area contributed by atoms with Gasteiger partial charge in [0.05, 0.1) is 19.3 Å². The maximum Gasteiger partial charge on any atom is 0.323 e. The van der Waals surface area contributed by atoms with Crippen molar-refractivity contribution in [2.75, 3.05) is 19.8 Å². The lowest BCUT2D eigenvalue weighted by Gasteiger charge is -2.31. The van der Waals surface area contributed by atoms with Crippen LogP contribution in [0.5, 0.6) is 0 Å². The van der Waals surface area contributed by atoms with E-state index in [1.54, 1.807) is 0 Å². The number of aromatic nitrogens is 2. The van der Waals surface area contributed by atoms with Gasteiger partial charge in [-0.15, -0.1) is 0 Å². The molecule has 0 unspecified atom stereocenters. The molecule has 0 aromatic carbocycles. The van der Waals surface area contributed by atoms with Gasteiger partial charge >= 0.3 is 5.69 Å². The zero-order chi connectivity index (χ0) is 15.2. The molecule has 1 aromatic heterocycles. The van der Waals surface area contributed by atoms with E-state index in [2.05, 4.69) is 15.3 Å². The maximum atomic E-state index is 12.0. The van der Waals surface area contributed by atoms with Crippen LogP contribution in [-0.2, 0) is 9.47 Å². The summed E-state index contributed by atoms with van der Waals surface area (Å²) in [6.45, 7) is 5.52. The summed E-state index contributed by atoms with van der Waals surface area (Å²) in [5.74, 6) is -0.323. The summed E-state index contributed by atoms with van der Waals surface area (Å²) >= 11 is 0. The van der Waals surface area contributed by atoms with E-state index < -0.39 is 5.69 Å². The summed E-state index contributed by atoms with van der Waals surface area (Å²) in [7, 11) is 0. The van der Waals surface area contributed by atoms with Gasteiger partial charge in [0.25, 0.3) is 5.91 Å². The second kappa shape index (κ2) is 7.24. The van der Waals surface area contributed by atoms with Gasteiger partial charge in [-0.2, -0.15) is 0 Å². The molecule has 7 heteroatoms. The number of carbonyl (C=O) groups is 1. The molecule has 2 heterocycles. The molecule has 1 aliphatic rings. The summed E-state index contributed by atoms with van der Waals surface area (Å²) in [5, 5.41) is 2.88. The van der Waals surface area contributed by atoms with Crippen molar-refractivity contribution >= 4 is 5.91 Å². The number of H-pyrrole nitrogens is 2. The lowest BCUT2D eigenvalue weighted by molar-refractivity contribution is -0.0589. The number of hydrogen-bond acceptors (Lipinski definition) is 4. The molecule has 3 N–H and O–H groups in total. The fraction of sp³-hybridized carbons (Fsp3) is 0.571. The predicted molar refractivity (Wildman–Crippen MR) is 77.3 cm³/mol. The van der Waals surface area contributed by atoms with Crippen molar-refractivity contribution in [3.63, 3.8) is 0 Å². The Morgan fingerprint density at radius 3 is 3.05 bits per heavy atom. The molecule has 1 saturated heterocycles. The van der Waals surface area contributed by atoms with Gasteiger partial charge in [0.1, 0.15) is 11.8 Å². The van der Waals surface area contributed by atoms with E-state index in [4.69, 9.17) is 9.47 Å². The fourth-order valence-corrected chi connectivity index (χ4v) is 2.08. The Balaban J connectivity index is 1.93. The van der Waals surface area contributed by atoms with E-state index in [1.807, 2.05) is 19.9 Å². The Labute approximate surface area is 122 Å². The number of nitrogens with one attached hydrogen (secondary N) is 3. The highest BCUT2D eigenvalue weighted by atomic mass is 16.5. The number of aromatic amines is 2. The van der Waals surface area contributed by atoms with Crippen molar-refractivity contribution in [1.82, 2.24) is 15.3 Å². The van der Waals surface area contributed by atoms with E-state index in [0.29, 0.717) is 26.2 Å². The average Bonchev–Trinajstić information content (AvgIpc) is 2.87. The van der Waals surface area contributed by atoms with Gasteiger partial charge in [-0.25, -0.2) is 4.79 Å². The molecule has 116 valence electrons. The Morgan fingerprint density at radius 1 is 1.57 bits per heavy atom. The summed E-state index contributed by atoms with van der Waals surface area (Å²) in [6.07, 6.45) is 3.83. The first-order valence-electron chi connectivity index (χ1n) is 6.97. The van der Waals surface area contributed by atoms with Crippen LogP contribution in [0, 0.1) is 0 Å². The molecule has 1 amide bonds. The second-order valence-corrected chi connectivity index (χ2v) is 5.25. The molecule has 1 aromatic rings. The maximum absolute atomic E-state index is 12.0. The SMILES string of the molecule is CC(C)=CCO[C@@H]1COCC[C@H]1NC(=O)c1c[nH]c(=O)[nH]1. The van der Waals surface area contributed by atoms with Gasteiger partial charge in [-0.3, -0.25) is 4.79 Å². The molecule has 21 heavy (non-hydrogen) atoms. The summed E-state index contributed by atoms with van der Waals surface area (Å²) in [5.41, 5.74) is 0.996. The third kappa shape index (κ3) is 4.57. The third-order valence-corrected chi connectivity index (χ3v) is 3.26. The van der Waals surface area contributed by atoms with Crippen LogP contribution in [0.3, 0.4) is 0 Å². The van der Waals surface area contributed by atoms with Crippen molar-refractivity contribution < 1.29 is 14.3 Å². The standard InChI is InChI=1S/C14H21N3O4/c1-9(2)3-6-21-12-8-20-5-4-10(12)16-13(18)11-7-15-14(19)17-11/h3,7,10,12H,4-6,8H2,1-2H3,(H,16,18)(H2,15,17,19)/t10-,12-/m1/s1. The number of ether oxygens (including phenoxy) is 2. The van der Waals surface area contributed by atoms with E-state index >= 15 is 0 Å². The first-order valence-corrected chi connectivity index (χ1v) is 6.97. The molecule has 7 nitrogen and oxygen atoms in total. The number of hydrogen-bond donors (Lipinski definition) is 3. The van der Waals surface area contributed by atoms with Crippen molar-refractivity contribution in [2.24, 2.45) is 0 Å². The minimum absolute atomic E-state index is 0.129. The van der Waals surface area contributed by atoms with Crippen LogP contribution >= 0.6 is 0 Å². The first-order chi connectivity index (χ1) is 10.1. The van der Waals surface area contributed by atoms with Gasteiger partial charge in [0.2, 0.25) is 0 Å². The molecule has 0 bridgehead atoms. The Bertz CT molecular complexity index is 557. The van der Waals surface area contributed by atoms with Gasteiger partial charge in [0, 0.05) is 12.8 Å². The molecule has 0 spiro atoms. The monoisotopic (exact) mass is 295 g/mol. The highest BCUT2D eigenvalue weighted by Crippen LogP contribution is 2.12. The molecule has 1 fully saturated rings. The predicted octanol–water partition coefficient (Wildman–Crippen LogP) is 0.573. The number of carbonyl (C=O) groups excluding carboxylic acids is 1. The summed E-state index contributed by atoms with van der Waals surface area (Å²) < 4.78 is 11.2. The second-order valence-electron chi connectivity index (χ2n) is 5.25. The Morgan fingerprint density at radius 2 is 2.38 bits per heavy atom. The summed E-state index contributed by atoms with van der Waals surface area (Å²) in [4.78, 5) is 27.9. The first kappa shape index (κ1) is 15.5. The minimum Gasteiger partial charge on any atom is -0.379 e. The average molecular weight is 295 g/mol. The van der Waals surface area contributed by atoms with Crippen molar-refractivity contribution in [3.8, 4) is 0 Å². The van der Waals surface area contributed by atoms with Gasteiger partial charge in [0.15, 0.2) is 0 Å². The number of amides is 1. The van der Waals surface area contributed by atoms with E-state index in [9.17, 15) is 9.59 Å². The Hall–Kier alpha value is -1.86. The highest BCUT2D eigenvalue weighted by Gasteiger charge is 2.28. The van der Waals surface area contributed by atoms with Gasteiger partial charge < -0.3 is 24.8 Å². The van der Waals surface area contributed by atoms with Crippen molar-refractivity contribution in [3.05, 3.63) is 34.0 Å². The highest BCUT2D eigenvalue weighted by molar-refractivity contribution is 5.92. The van der Waals surface area contributed by atoms with Crippen LogP contribution in [0.25, 0.3) is 0 Å². The van der Waals surface area contributed by atoms with Gasteiger partial charge in [-0.05, 0) is 20.3 Å². The molecule has 0 radical (unpaired) electrons. The number of allylic oxidation sites excluding steroid dienone is 1. The molecule has 1 aliphatic heterocycles. The van der Waals surface area contributed by atoms with E-state index in [0.717, 1.165) is 0 Å². The van der Waals surface area contributed by atoms with Crippen LogP contribution in [0.15, 0.2) is 22.6 Å². The van der Waals surface area contributed by atoms with Gasteiger partial charge in [-0.1, -0.05) is 11.6 Å². The number of rotatable bonds is 5. The molecule has 0 aliphatic carbocycles. The smallest absolute Gasteiger partial charge is 0.323 e. The van der Waals surface area contributed by atoms with Crippen LogP contribution in [0.1, 0.15) is 30.8 Å². The largest absolute Gasteiger partial charge is 0.379 e. The van der Waals surface area contributed by atoms with Crippen LogP contribution < -0.4 is 11.0 Å². The van der Waals surface area contributed by atoms with Crippen molar-refractivity contribution in [1.29, 1.82) is 0 Å². The summed E-state index contributed by atoms with van der Waals surface area (Å²) in [6, 6.07) is -0.129. The van der Waals surface area contributed by atoms with Crippen LogP contribution in [0.4, 0.5) is 0 Å². The zero-order valence-electron chi connectivity index (χ0n) is 12.3. The van der Waals surface area contributed by atoms with E-state index in [-0.39, 0.29) is 23.7 Å². The normalized spacial score (nSPS) is 21.8. The topological polar surface area (TPSA) is 96.2 Å². The number of imidazole rings is 1. The van der Waals surface area contributed by atoms with Crippen LogP contribution in [-0.4, -0.2) is 47.8 Å². The third-order valence-electron chi connectivity index (χ3n) is 3.26. The Kier molecular flexibility index (Phi) is 5.35. The van der Waals surface area contributed by atoms with Crippen LogP contribution in [0.2, 0.25) is 0 Å². The molecular formula is C14H21N3O4. The lowest BCUT2D eigenvalue weighted by atomic mass is 10.1. The minimum atomic E-state index is -0.400. The molecule has 2 rings (SSSR count). The molecular weight excluding hydrogens is 274 g/mol.